The molecule has 0 fully saturated rings. The molecule has 0 radical (unpaired) electrons. The number of halogens is 1. The molecule has 0 saturated carbocycles. The second-order valence-corrected chi connectivity index (χ2v) is 3.86. The summed E-state index contributed by atoms with van der Waals surface area (Å²) in [6.07, 6.45) is 0. The van der Waals surface area contributed by atoms with Gasteiger partial charge in [0.2, 0.25) is 0 Å². The van der Waals surface area contributed by atoms with Crippen LogP contribution < -0.4 is 0 Å². The molecule has 0 saturated heterocycles. The molecular formula is C6H6IN3O9. The van der Waals surface area contributed by atoms with Crippen LogP contribution in [0.4, 0.5) is 5.69 Å². The van der Waals surface area contributed by atoms with E-state index in [1.807, 2.05) is 0 Å². The van der Waals surface area contributed by atoms with Crippen LogP contribution in [0.1, 0.15) is 0 Å². The van der Waals surface area contributed by atoms with Crippen molar-refractivity contribution in [2.24, 2.45) is 0 Å². The summed E-state index contributed by atoms with van der Waals surface area (Å²) in [7, 11) is 0. The van der Waals surface area contributed by atoms with Crippen molar-refractivity contribution < 1.29 is 28.6 Å². The molecule has 0 heterocycles. The standard InChI is InChI=1S/C6H4INO3.2HNO3/c9-7-5-3-1-2-4-6(5)8(10)11;2*2-1(3)4/h1-4H;2*(H,2,3,4). The first-order chi connectivity index (χ1) is 8.72. The molecule has 0 spiro atoms. The van der Waals surface area contributed by atoms with Crippen LogP contribution in [-0.2, 0) is 3.07 Å². The predicted molar refractivity (Wildman–Crippen MR) is 64.1 cm³/mol. The zero-order valence-corrected chi connectivity index (χ0v) is 10.9. The third-order valence-electron chi connectivity index (χ3n) is 1.13. The van der Waals surface area contributed by atoms with Crippen molar-refractivity contribution in [2.45, 2.75) is 0 Å². The van der Waals surface area contributed by atoms with Crippen LogP contribution in [0.5, 0.6) is 0 Å². The Morgan fingerprint density at radius 3 is 1.58 bits per heavy atom. The van der Waals surface area contributed by atoms with Crippen LogP contribution >= 0.6 is 21.2 Å². The summed E-state index contributed by atoms with van der Waals surface area (Å²) in [5.41, 5.74) is -0.0460. The number of nitro benzene ring substituents is 1. The summed E-state index contributed by atoms with van der Waals surface area (Å²) < 4.78 is 10.8. The SMILES string of the molecule is O=Ic1ccccc1[N+](=O)[O-].O=[N+]([O-])O.O=[N+]([O-])O. The number of nitro groups is 1. The minimum atomic E-state index is -1.50. The number of rotatable bonds is 2. The van der Waals surface area contributed by atoms with E-state index in [9.17, 15) is 13.2 Å². The van der Waals surface area contributed by atoms with Crippen molar-refractivity contribution in [3.63, 3.8) is 0 Å². The lowest BCUT2D eigenvalue weighted by Gasteiger charge is -1.90. The second-order valence-electron chi connectivity index (χ2n) is 2.26. The van der Waals surface area contributed by atoms with Crippen LogP contribution in [0.25, 0.3) is 0 Å². The van der Waals surface area contributed by atoms with Crippen LogP contribution in [0, 0.1) is 33.9 Å². The summed E-state index contributed by atoms with van der Waals surface area (Å²) in [6, 6.07) is 6.06. The molecule has 0 aromatic heterocycles. The molecule has 19 heavy (non-hydrogen) atoms. The quantitative estimate of drug-likeness (QED) is 0.426. The lowest BCUT2D eigenvalue weighted by molar-refractivity contribution is -0.742. The van der Waals surface area contributed by atoms with Gasteiger partial charge in [-0.25, -0.2) is 0 Å². The molecule has 12 nitrogen and oxygen atoms in total. The molecule has 13 heteroatoms. The van der Waals surface area contributed by atoms with Gasteiger partial charge in [-0.2, -0.15) is 0 Å². The van der Waals surface area contributed by atoms with Gasteiger partial charge in [-0.15, -0.1) is 20.2 Å². The topological polar surface area (TPSA) is 187 Å². The smallest absolute Gasteiger partial charge is 0.291 e. The van der Waals surface area contributed by atoms with E-state index in [-0.39, 0.29) is 5.69 Å². The van der Waals surface area contributed by atoms with Crippen molar-refractivity contribution in [1.29, 1.82) is 0 Å². The van der Waals surface area contributed by atoms with Crippen molar-refractivity contribution in [1.82, 2.24) is 0 Å². The number of para-hydroxylation sites is 1. The van der Waals surface area contributed by atoms with E-state index in [1.54, 1.807) is 12.1 Å². The highest BCUT2D eigenvalue weighted by atomic mass is 127. The zero-order chi connectivity index (χ0) is 15.4. The van der Waals surface area contributed by atoms with E-state index >= 15 is 0 Å². The van der Waals surface area contributed by atoms with Crippen LogP contribution in [0.2, 0.25) is 0 Å². The van der Waals surface area contributed by atoms with Gasteiger partial charge in [-0.3, -0.25) is 13.2 Å². The van der Waals surface area contributed by atoms with Crippen LogP contribution in [0.15, 0.2) is 24.3 Å². The van der Waals surface area contributed by atoms with Gasteiger partial charge < -0.3 is 10.4 Å². The fourth-order valence-corrected chi connectivity index (χ4v) is 1.62. The maximum absolute atomic E-state index is 10.5. The monoisotopic (exact) mass is 391 g/mol. The summed E-state index contributed by atoms with van der Waals surface area (Å²) >= 11 is -1.44. The molecule has 0 unspecified atom stereocenters. The highest BCUT2D eigenvalue weighted by molar-refractivity contribution is 14.1. The molecule has 0 aliphatic carbocycles. The lowest BCUT2D eigenvalue weighted by Crippen LogP contribution is -1.89. The Morgan fingerprint density at radius 2 is 1.32 bits per heavy atom. The molecule has 1 aromatic carbocycles. The van der Waals surface area contributed by atoms with Crippen molar-refractivity contribution in [3.05, 3.63) is 58.2 Å². The lowest BCUT2D eigenvalue weighted by atomic mass is 10.3. The molecular weight excluding hydrogens is 385 g/mol. The van der Waals surface area contributed by atoms with Gasteiger partial charge in [0.05, 0.1) is 4.92 Å². The minimum absolute atomic E-state index is 0.0460. The largest absolute Gasteiger partial charge is 0.328 e. The number of hydrogen-bond acceptors (Lipinski definition) is 7. The molecule has 0 amide bonds. The van der Waals surface area contributed by atoms with Gasteiger partial charge in [0.15, 0.2) is 21.2 Å². The Labute approximate surface area is 114 Å². The van der Waals surface area contributed by atoms with Crippen LogP contribution in [-0.4, -0.2) is 25.5 Å². The maximum Gasteiger partial charge on any atom is 0.291 e. The summed E-state index contributed by atoms with van der Waals surface area (Å²) in [6.45, 7) is 0. The maximum atomic E-state index is 10.5. The van der Waals surface area contributed by atoms with Crippen molar-refractivity contribution >= 4 is 26.9 Å². The Hall–Kier alpha value is -2.45. The Morgan fingerprint density at radius 1 is 0.947 bits per heavy atom. The summed E-state index contributed by atoms with van der Waals surface area (Å²) in [5, 5.41) is 37.5. The zero-order valence-electron chi connectivity index (χ0n) is 8.78. The molecule has 2 N–H and O–H groups in total. The van der Waals surface area contributed by atoms with E-state index in [2.05, 4.69) is 0 Å². The molecule has 0 aliphatic rings. The molecule has 0 aliphatic heterocycles. The Kier molecular flexibility index (Phi) is 10.6. The number of nitrogens with zero attached hydrogens (tertiary/aromatic N) is 3. The minimum Gasteiger partial charge on any atom is -0.328 e. The molecule has 0 bridgehead atoms. The normalized spacial score (nSPS) is 8.00. The highest BCUT2D eigenvalue weighted by Crippen LogP contribution is 2.22. The summed E-state index contributed by atoms with van der Waals surface area (Å²) in [4.78, 5) is 26.5. The molecule has 1 rings (SSSR count). The summed E-state index contributed by atoms with van der Waals surface area (Å²) in [5.74, 6) is 0. The van der Waals surface area contributed by atoms with Gasteiger partial charge in [-0.1, -0.05) is 12.1 Å². The van der Waals surface area contributed by atoms with Crippen LogP contribution in [0.3, 0.4) is 0 Å². The molecule has 106 valence electrons. The average molecular weight is 391 g/mol. The van der Waals surface area contributed by atoms with E-state index in [0.717, 1.165) is 0 Å². The van der Waals surface area contributed by atoms with Gasteiger partial charge >= 0.3 is 0 Å². The molecule has 0 atom stereocenters. The fourth-order valence-electron chi connectivity index (χ4n) is 0.665. The second kappa shape index (κ2) is 10.7. The van der Waals surface area contributed by atoms with Gasteiger partial charge in [0.1, 0.15) is 3.57 Å². The third kappa shape index (κ3) is 13.5. The first-order valence-electron chi connectivity index (χ1n) is 3.89. The van der Waals surface area contributed by atoms with E-state index < -0.39 is 36.3 Å². The first-order valence-corrected chi connectivity index (χ1v) is 5.85. The fraction of sp³-hybridized carbons (Fsp3) is 0. The number of hydrogen-bond donors (Lipinski definition) is 2. The van der Waals surface area contributed by atoms with E-state index in [4.69, 9.17) is 30.6 Å². The number of benzene rings is 1. The Balaban J connectivity index is 0. The van der Waals surface area contributed by atoms with Gasteiger partial charge in [-0.05, 0) is 6.07 Å². The van der Waals surface area contributed by atoms with Gasteiger partial charge in [0, 0.05) is 6.07 Å². The van der Waals surface area contributed by atoms with Gasteiger partial charge in [0.25, 0.3) is 15.9 Å². The van der Waals surface area contributed by atoms with Crippen molar-refractivity contribution in [3.8, 4) is 0 Å². The first kappa shape index (κ1) is 18.9. The van der Waals surface area contributed by atoms with E-state index in [1.165, 1.54) is 12.1 Å². The van der Waals surface area contributed by atoms with Crippen molar-refractivity contribution in [2.75, 3.05) is 0 Å². The highest BCUT2D eigenvalue weighted by Gasteiger charge is 2.10. The molecule has 1 aromatic rings. The third-order valence-corrected chi connectivity index (χ3v) is 2.52. The Bertz CT molecular complexity index is 445. The predicted octanol–water partition coefficient (Wildman–Crippen LogP) is 1.39. The average Bonchev–Trinajstić information content (AvgIpc) is 2.27. The van der Waals surface area contributed by atoms with E-state index in [0.29, 0.717) is 3.57 Å².